The first-order chi connectivity index (χ1) is 12.6. The number of fused-ring (bicyclic) bond motifs is 1. The molecule has 4 rings (SSSR count). The Bertz CT molecular complexity index is 733. The Hall–Kier alpha value is -2.21. The summed E-state index contributed by atoms with van der Waals surface area (Å²) >= 11 is 0. The third kappa shape index (κ3) is 3.26. The quantitative estimate of drug-likeness (QED) is 0.841. The molecule has 138 valence electrons. The van der Waals surface area contributed by atoms with Gasteiger partial charge in [0.25, 0.3) is 17.7 Å². The number of hydrogen-bond donors (Lipinski definition) is 1. The molecule has 1 saturated carbocycles. The molecule has 6 heteroatoms. The van der Waals surface area contributed by atoms with Gasteiger partial charge in [0, 0.05) is 18.2 Å². The molecule has 2 fully saturated rings. The summed E-state index contributed by atoms with van der Waals surface area (Å²) in [7, 11) is 0. The Morgan fingerprint density at radius 1 is 1.04 bits per heavy atom. The van der Waals surface area contributed by atoms with Gasteiger partial charge in [-0.15, -0.1) is 0 Å². The van der Waals surface area contributed by atoms with Gasteiger partial charge >= 0.3 is 0 Å². The van der Waals surface area contributed by atoms with E-state index in [9.17, 15) is 14.4 Å². The van der Waals surface area contributed by atoms with E-state index in [4.69, 9.17) is 4.74 Å². The number of benzene rings is 1. The lowest BCUT2D eigenvalue weighted by Crippen LogP contribution is -2.36. The first-order valence-electron chi connectivity index (χ1n) is 9.56. The van der Waals surface area contributed by atoms with Crippen molar-refractivity contribution in [3.05, 3.63) is 34.9 Å². The van der Waals surface area contributed by atoms with Crippen LogP contribution in [0.1, 0.15) is 76.0 Å². The highest BCUT2D eigenvalue weighted by molar-refractivity contribution is 6.22. The van der Waals surface area contributed by atoms with E-state index in [-0.39, 0.29) is 36.4 Å². The van der Waals surface area contributed by atoms with Crippen molar-refractivity contribution < 1.29 is 19.1 Å². The zero-order valence-electron chi connectivity index (χ0n) is 14.8. The number of imide groups is 1. The first-order valence-corrected chi connectivity index (χ1v) is 9.56. The van der Waals surface area contributed by atoms with Gasteiger partial charge in [-0.05, 0) is 43.9 Å². The molecule has 3 aliphatic rings. The van der Waals surface area contributed by atoms with Crippen molar-refractivity contribution in [1.82, 2.24) is 10.2 Å². The van der Waals surface area contributed by atoms with Crippen molar-refractivity contribution in [2.45, 2.75) is 57.1 Å². The van der Waals surface area contributed by atoms with E-state index >= 15 is 0 Å². The average Bonchev–Trinajstić information content (AvgIpc) is 3.25. The summed E-state index contributed by atoms with van der Waals surface area (Å²) in [6.07, 6.45) is 7.25. The SMILES string of the molecule is O=C(NC1CCCCC1)c1ccc2c(c1)C(=O)N(C[C@H]1CCCO1)C2=O. The van der Waals surface area contributed by atoms with Crippen LogP contribution < -0.4 is 5.32 Å². The van der Waals surface area contributed by atoms with Gasteiger partial charge in [0.2, 0.25) is 0 Å². The van der Waals surface area contributed by atoms with E-state index in [1.807, 2.05) is 0 Å². The monoisotopic (exact) mass is 356 g/mol. The molecule has 2 heterocycles. The fraction of sp³-hybridized carbons (Fsp3) is 0.550. The van der Waals surface area contributed by atoms with Crippen LogP contribution in [0, 0.1) is 0 Å². The second-order valence-electron chi connectivity index (χ2n) is 7.42. The van der Waals surface area contributed by atoms with E-state index in [0.717, 1.165) is 38.5 Å². The predicted molar refractivity (Wildman–Crippen MR) is 95.1 cm³/mol. The highest BCUT2D eigenvalue weighted by atomic mass is 16.5. The van der Waals surface area contributed by atoms with Crippen LogP contribution in [-0.2, 0) is 4.74 Å². The first kappa shape index (κ1) is 17.2. The summed E-state index contributed by atoms with van der Waals surface area (Å²) in [5.41, 5.74) is 1.14. The van der Waals surface area contributed by atoms with Crippen molar-refractivity contribution in [3.8, 4) is 0 Å². The summed E-state index contributed by atoms with van der Waals surface area (Å²) in [4.78, 5) is 39.0. The molecule has 1 aliphatic carbocycles. The minimum Gasteiger partial charge on any atom is -0.376 e. The smallest absolute Gasteiger partial charge is 0.261 e. The third-order valence-electron chi connectivity index (χ3n) is 5.58. The lowest BCUT2D eigenvalue weighted by Gasteiger charge is -2.22. The molecular weight excluding hydrogens is 332 g/mol. The predicted octanol–water partition coefficient (Wildman–Crippen LogP) is 2.52. The lowest BCUT2D eigenvalue weighted by molar-refractivity contribution is 0.0475. The van der Waals surface area contributed by atoms with E-state index in [0.29, 0.717) is 23.3 Å². The van der Waals surface area contributed by atoms with Gasteiger partial charge in [-0.25, -0.2) is 0 Å². The largest absolute Gasteiger partial charge is 0.376 e. The minimum atomic E-state index is -0.326. The summed E-state index contributed by atoms with van der Waals surface area (Å²) in [5.74, 6) is -0.787. The molecule has 2 aliphatic heterocycles. The van der Waals surface area contributed by atoms with Gasteiger partial charge in [0.05, 0.1) is 23.8 Å². The molecule has 26 heavy (non-hydrogen) atoms. The van der Waals surface area contributed by atoms with Gasteiger partial charge < -0.3 is 10.1 Å². The average molecular weight is 356 g/mol. The Labute approximate surface area is 152 Å². The summed E-state index contributed by atoms with van der Waals surface area (Å²) in [5, 5.41) is 3.05. The summed E-state index contributed by atoms with van der Waals surface area (Å²) in [6, 6.07) is 5.00. The van der Waals surface area contributed by atoms with Crippen LogP contribution in [0.25, 0.3) is 0 Å². The lowest BCUT2D eigenvalue weighted by atomic mass is 9.95. The number of amides is 3. The topological polar surface area (TPSA) is 75.7 Å². The number of ether oxygens (including phenoxy) is 1. The second-order valence-corrected chi connectivity index (χ2v) is 7.42. The van der Waals surface area contributed by atoms with Crippen LogP contribution in [0.3, 0.4) is 0 Å². The molecular formula is C20H24N2O4. The number of carbonyl (C=O) groups excluding carboxylic acids is 3. The number of carbonyl (C=O) groups is 3. The molecule has 1 saturated heterocycles. The summed E-state index contributed by atoms with van der Waals surface area (Å²) in [6.45, 7) is 0.968. The molecule has 1 atom stereocenters. The van der Waals surface area contributed by atoms with Crippen molar-refractivity contribution in [1.29, 1.82) is 0 Å². The van der Waals surface area contributed by atoms with Crippen molar-refractivity contribution in [2.75, 3.05) is 13.2 Å². The Morgan fingerprint density at radius 2 is 1.81 bits per heavy atom. The maximum absolute atomic E-state index is 12.7. The maximum atomic E-state index is 12.7. The highest BCUT2D eigenvalue weighted by Gasteiger charge is 2.38. The fourth-order valence-corrected chi connectivity index (χ4v) is 4.11. The Morgan fingerprint density at radius 3 is 2.54 bits per heavy atom. The van der Waals surface area contributed by atoms with Gasteiger partial charge in [0.1, 0.15) is 0 Å². The molecule has 6 nitrogen and oxygen atoms in total. The van der Waals surface area contributed by atoms with Crippen LogP contribution in [0.2, 0.25) is 0 Å². The van der Waals surface area contributed by atoms with Crippen LogP contribution in [0.5, 0.6) is 0 Å². The molecule has 0 spiro atoms. The van der Waals surface area contributed by atoms with Gasteiger partial charge in [-0.3, -0.25) is 19.3 Å². The van der Waals surface area contributed by atoms with Gasteiger partial charge in [0.15, 0.2) is 0 Å². The molecule has 3 amide bonds. The van der Waals surface area contributed by atoms with Crippen LogP contribution in [0.15, 0.2) is 18.2 Å². The molecule has 1 N–H and O–H groups in total. The Balaban J connectivity index is 1.48. The second kappa shape index (κ2) is 7.19. The van der Waals surface area contributed by atoms with Crippen LogP contribution >= 0.6 is 0 Å². The molecule has 0 radical (unpaired) electrons. The number of rotatable bonds is 4. The number of nitrogens with one attached hydrogen (secondary N) is 1. The van der Waals surface area contributed by atoms with E-state index < -0.39 is 0 Å². The minimum absolute atomic E-state index is 0.0775. The fourth-order valence-electron chi connectivity index (χ4n) is 4.11. The van der Waals surface area contributed by atoms with Gasteiger partial charge in [-0.1, -0.05) is 19.3 Å². The molecule has 0 bridgehead atoms. The van der Waals surface area contributed by atoms with Crippen molar-refractivity contribution in [3.63, 3.8) is 0 Å². The van der Waals surface area contributed by atoms with E-state index in [1.54, 1.807) is 18.2 Å². The standard InChI is InChI=1S/C20H24N2O4/c23-18(21-14-5-2-1-3-6-14)13-8-9-16-17(11-13)20(25)22(19(16)24)12-15-7-4-10-26-15/h8-9,11,14-15H,1-7,10,12H2,(H,21,23)/t15-/m1/s1. The van der Waals surface area contributed by atoms with Crippen LogP contribution in [0.4, 0.5) is 0 Å². The summed E-state index contributed by atoms with van der Waals surface area (Å²) < 4.78 is 5.55. The van der Waals surface area contributed by atoms with Crippen molar-refractivity contribution >= 4 is 17.7 Å². The zero-order valence-corrected chi connectivity index (χ0v) is 14.8. The van der Waals surface area contributed by atoms with Crippen molar-refractivity contribution in [2.24, 2.45) is 0 Å². The molecule has 0 aromatic heterocycles. The Kier molecular flexibility index (Phi) is 4.76. The highest BCUT2D eigenvalue weighted by Crippen LogP contribution is 2.26. The van der Waals surface area contributed by atoms with Gasteiger partial charge in [-0.2, -0.15) is 0 Å². The third-order valence-corrected chi connectivity index (χ3v) is 5.58. The molecule has 0 unspecified atom stereocenters. The van der Waals surface area contributed by atoms with E-state index in [2.05, 4.69) is 5.32 Å². The number of hydrogen-bond acceptors (Lipinski definition) is 4. The maximum Gasteiger partial charge on any atom is 0.261 e. The zero-order chi connectivity index (χ0) is 18.1. The number of nitrogens with zero attached hydrogens (tertiary/aromatic N) is 1. The van der Waals surface area contributed by atoms with Crippen LogP contribution in [-0.4, -0.2) is 47.9 Å². The van der Waals surface area contributed by atoms with E-state index in [1.165, 1.54) is 11.3 Å². The molecule has 1 aromatic carbocycles. The molecule has 1 aromatic rings. The normalized spacial score (nSPS) is 23.4.